The van der Waals surface area contributed by atoms with Gasteiger partial charge in [-0.15, -0.1) is 0 Å². The van der Waals surface area contributed by atoms with Crippen molar-refractivity contribution in [3.63, 3.8) is 0 Å². The summed E-state index contributed by atoms with van der Waals surface area (Å²) in [5.74, 6) is 0.943. The standard InChI is InChI=1S/C15H27N3O3S/c1-3-15-10-22-11(14(15,2)17-13(21)18-15)6-4-5-7-12(20)16-8-9-19/h11,19H,3-10H2,1-2H3,(H,16,20)(H2,17,18,21)/t11?,14-,15+/m0/s1. The van der Waals surface area contributed by atoms with Crippen molar-refractivity contribution in [2.24, 2.45) is 0 Å². The van der Waals surface area contributed by atoms with E-state index in [1.54, 1.807) is 0 Å². The average molecular weight is 329 g/mol. The second-order valence-corrected chi connectivity index (χ2v) is 7.53. The van der Waals surface area contributed by atoms with Crippen molar-refractivity contribution in [2.45, 2.75) is 62.3 Å². The zero-order valence-electron chi connectivity index (χ0n) is 13.4. The van der Waals surface area contributed by atoms with Crippen LogP contribution in [-0.4, -0.2) is 52.3 Å². The summed E-state index contributed by atoms with van der Waals surface area (Å²) in [6, 6.07) is -0.0574. The topological polar surface area (TPSA) is 90.5 Å². The molecule has 3 atom stereocenters. The molecule has 0 aliphatic carbocycles. The van der Waals surface area contributed by atoms with E-state index >= 15 is 0 Å². The minimum atomic E-state index is -0.206. The van der Waals surface area contributed by atoms with Gasteiger partial charge in [0.15, 0.2) is 0 Å². The fourth-order valence-electron chi connectivity index (χ4n) is 3.55. The van der Waals surface area contributed by atoms with Crippen LogP contribution >= 0.6 is 11.8 Å². The maximum absolute atomic E-state index is 11.8. The number of unbranched alkanes of at least 4 members (excludes halogenated alkanes) is 1. The van der Waals surface area contributed by atoms with E-state index in [9.17, 15) is 9.59 Å². The van der Waals surface area contributed by atoms with Gasteiger partial charge < -0.3 is 21.1 Å². The van der Waals surface area contributed by atoms with Gasteiger partial charge >= 0.3 is 6.03 Å². The quantitative estimate of drug-likeness (QED) is 0.395. The third kappa shape index (κ3) is 3.20. The summed E-state index contributed by atoms with van der Waals surface area (Å²) in [6.07, 6.45) is 4.23. The van der Waals surface area contributed by atoms with Gasteiger partial charge in [-0.3, -0.25) is 4.79 Å². The number of aliphatic hydroxyl groups is 1. The Balaban J connectivity index is 1.79. The first-order valence-corrected chi connectivity index (χ1v) is 9.12. The molecule has 2 aliphatic rings. The van der Waals surface area contributed by atoms with Gasteiger partial charge in [0, 0.05) is 24.0 Å². The number of nitrogens with one attached hydrogen (secondary N) is 3. The third-order valence-electron chi connectivity index (χ3n) is 5.05. The van der Waals surface area contributed by atoms with Gasteiger partial charge in [0.05, 0.1) is 17.7 Å². The van der Waals surface area contributed by atoms with Crippen LogP contribution in [0.1, 0.15) is 46.0 Å². The Hall–Kier alpha value is -0.950. The Kier molecular flexibility index (Phi) is 5.60. The Morgan fingerprint density at radius 1 is 1.45 bits per heavy atom. The van der Waals surface area contributed by atoms with Crippen LogP contribution in [0.15, 0.2) is 0 Å². The molecule has 2 fully saturated rings. The molecule has 0 aromatic heterocycles. The Morgan fingerprint density at radius 2 is 2.23 bits per heavy atom. The van der Waals surface area contributed by atoms with Gasteiger partial charge in [-0.2, -0.15) is 11.8 Å². The lowest BCUT2D eigenvalue weighted by Gasteiger charge is -2.38. The van der Waals surface area contributed by atoms with Crippen molar-refractivity contribution < 1.29 is 14.7 Å². The number of thioether (sulfide) groups is 1. The number of fused-ring (bicyclic) bond motifs is 1. The van der Waals surface area contributed by atoms with E-state index in [0.717, 1.165) is 31.4 Å². The molecule has 0 bridgehead atoms. The molecule has 1 unspecified atom stereocenters. The Bertz CT molecular complexity index is 434. The zero-order valence-corrected chi connectivity index (χ0v) is 14.2. The molecule has 0 aromatic rings. The van der Waals surface area contributed by atoms with Crippen molar-refractivity contribution in [3.8, 4) is 0 Å². The fourth-order valence-corrected chi connectivity index (χ4v) is 5.56. The molecule has 2 rings (SSSR count). The van der Waals surface area contributed by atoms with Crippen LogP contribution in [0, 0.1) is 0 Å². The van der Waals surface area contributed by atoms with E-state index in [2.05, 4.69) is 29.8 Å². The van der Waals surface area contributed by atoms with Crippen LogP contribution in [0.5, 0.6) is 0 Å². The number of urea groups is 1. The first-order valence-electron chi connectivity index (χ1n) is 8.07. The summed E-state index contributed by atoms with van der Waals surface area (Å²) in [5, 5.41) is 18.0. The highest BCUT2D eigenvalue weighted by molar-refractivity contribution is 8.00. The molecule has 2 saturated heterocycles. The van der Waals surface area contributed by atoms with E-state index in [-0.39, 0.29) is 29.6 Å². The van der Waals surface area contributed by atoms with Crippen LogP contribution in [0.2, 0.25) is 0 Å². The minimum absolute atomic E-state index is 0.00178. The van der Waals surface area contributed by atoms with Crippen molar-refractivity contribution in [2.75, 3.05) is 18.9 Å². The van der Waals surface area contributed by atoms with Crippen molar-refractivity contribution in [1.82, 2.24) is 16.0 Å². The summed E-state index contributed by atoms with van der Waals surface area (Å²) in [5.41, 5.74) is -0.347. The lowest BCUT2D eigenvalue weighted by atomic mass is 9.76. The van der Waals surface area contributed by atoms with E-state index in [1.807, 2.05) is 11.8 Å². The van der Waals surface area contributed by atoms with Crippen LogP contribution in [-0.2, 0) is 4.79 Å². The number of hydrogen-bond acceptors (Lipinski definition) is 4. The molecule has 2 heterocycles. The van der Waals surface area contributed by atoms with Crippen LogP contribution in [0.3, 0.4) is 0 Å². The maximum atomic E-state index is 11.8. The first kappa shape index (κ1) is 17.4. The highest BCUT2D eigenvalue weighted by Gasteiger charge is 2.62. The number of aliphatic hydroxyl groups excluding tert-OH is 1. The third-order valence-corrected chi connectivity index (χ3v) is 6.82. The maximum Gasteiger partial charge on any atom is 0.315 e. The molecule has 0 spiro atoms. The average Bonchev–Trinajstić information content (AvgIpc) is 2.89. The van der Waals surface area contributed by atoms with Gasteiger partial charge in [-0.05, 0) is 26.2 Å². The molecule has 2 aliphatic heterocycles. The van der Waals surface area contributed by atoms with E-state index in [1.165, 1.54) is 0 Å². The molecule has 0 saturated carbocycles. The predicted octanol–water partition coefficient (Wildman–Crippen LogP) is 0.991. The van der Waals surface area contributed by atoms with Crippen molar-refractivity contribution >= 4 is 23.7 Å². The summed E-state index contributed by atoms with van der Waals surface area (Å²) in [7, 11) is 0. The highest BCUT2D eigenvalue weighted by Crippen LogP contribution is 2.49. The van der Waals surface area contributed by atoms with Gasteiger partial charge in [-0.25, -0.2) is 4.79 Å². The van der Waals surface area contributed by atoms with Gasteiger partial charge in [0.1, 0.15) is 0 Å². The highest BCUT2D eigenvalue weighted by atomic mass is 32.2. The monoisotopic (exact) mass is 329 g/mol. The van der Waals surface area contributed by atoms with Gasteiger partial charge in [-0.1, -0.05) is 13.3 Å². The molecule has 7 heteroatoms. The molecular weight excluding hydrogens is 302 g/mol. The summed E-state index contributed by atoms with van der Waals surface area (Å²) in [6.45, 7) is 4.58. The molecule has 4 N–H and O–H groups in total. The van der Waals surface area contributed by atoms with Gasteiger partial charge in [0.25, 0.3) is 0 Å². The van der Waals surface area contributed by atoms with Crippen LogP contribution in [0.25, 0.3) is 0 Å². The van der Waals surface area contributed by atoms with Crippen molar-refractivity contribution in [3.05, 3.63) is 0 Å². The Morgan fingerprint density at radius 3 is 2.91 bits per heavy atom. The number of amides is 3. The van der Waals surface area contributed by atoms with E-state index < -0.39 is 0 Å². The lowest BCUT2D eigenvalue weighted by molar-refractivity contribution is -0.121. The van der Waals surface area contributed by atoms with Crippen LogP contribution in [0.4, 0.5) is 4.79 Å². The summed E-state index contributed by atoms with van der Waals surface area (Å²) < 4.78 is 0. The van der Waals surface area contributed by atoms with Crippen molar-refractivity contribution in [1.29, 1.82) is 0 Å². The molecule has 22 heavy (non-hydrogen) atoms. The number of carbonyl (C=O) groups excluding carboxylic acids is 2. The number of carbonyl (C=O) groups is 2. The SMILES string of the molecule is CC[C@@]12CSC(CCCCC(=O)NCCO)[C@]1(C)NC(=O)N2. The first-order chi connectivity index (χ1) is 10.5. The summed E-state index contributed by atoms with van der Waals surface area (Å²) >= 11 is 1.92. The number of hydrogen-bond donors (Lipinski definition) is 4. The molecule has 6 nitrogen and oxygen atoms in total. The minimum Gasteiger partial charge on any atom is -0.395 e. The second kappa shape index (κ2) is 7.08. The molecule has 3 amide bonds. The van der Waals surface area contributed by atoms with Gasteiger partial charge in [0.2, 0.25) is 5.91 Å². The predicted molar refractivity (Wildman–Crippen MR) is 87.9 cm³/mol. The normalized spacial score (nSPS) is 33.2. The molecule has 0 aromatic carbocycles. The molecule has 0 radical (unpaired) electrons. The fraction of sp³-hybridized carbons (Fsp3) is 0.867. The largest absolute Gasteiger partial charge is 0.395 e. The molecule has 126 valence electrons. The number of rotatable bonds is 8. The summed E-state index contributed by atoms with van der Waals surface area (Å²) in [4.78, 5) is 23.3. The molecular formula is C15H27N3O3S. The van der Waals surface area contributed by atoms with E-state index in [4.69, 9.17) is 5.11 Å². The van der Waals surface area contributed by atoms with E-state index in [0.29, 0.717) is 18.2 Å². The Labute approximate surface area is 136 Å². The second-order valence-electron chi connectivity index (χ2n) is 6.34. The van der Waals surface area contributed by atoms with Crippen LogP contribution < -0.4 is 16.0 Å². The lowest BCUT2D eigenvalue weighted by Crippen LogP contribution is -2.59. The smallest absolute Gasteiger partial charge is 0.315 e. The zero-order chi connectivity index (χ0) is 16.2.